The normalized spacial score (nSPS) is 15.9. The Morgan fingerprint density at radius 3 is 2.64 bits per heavy atom. The van der Waals surface area contributed by atoms with Crippen LogP contribution in [0.3, 0.4) is 0 Å². The summed E-state index contributed by atoms with van der Waals surface area (Å²) in [5.41, 5.74) is 2.22. The molecule has 0 aromatic heterocycles. The number of aryl methyl sites for hydroxylation is 1. The van der Waals surface area contributed by atoms with Crippen LogP contribution in [-0.4, -0.2) is 50.5 Å². The molecule has 1 heterocycles. The van der Waals surface area contributed by atoms with Gasteiger partial charge in [0.25, 0.3) is 0 Å². The van der Waals surface area contributed by atoms with Crippen molar-refractivity contribution in [1.82, 2.24) is 16.0 Å². The quantitative estimate of drug-likeness (QED) is 0.231. The van der Waals surface area contributed by atoms with Crippen LogP contribution in [0.25, 0.3) is 0 Å². The first-order valence-corrected chi connectivity index (χ1v) is 9.87. The maximum Gasteiger partial charge on any atom is 0.248 e. The zero-order valence-electron chi connectivity index (χ0n) is 16.4. The van der Waals surface area contributed by atoms with Gasteiger partial charge in [0.15, 0.2) is 5.96 Å². The predicted octanol–water partition coefficient (Wildman–Crippen LogP) is 1.67. The van der Waals surface area contributed by atoms with E-state index in [0.717, 1.165) is 37.9 Å². The summed E-state index contributed by atoms with van der Waals surface area (Å²) < 4.78 is 0. The van der Waals surface area contributed by atoms with Gasteiger partial charge >= 0.3 is 0 Å². The monoisotopic (exact) mass is 499 g/mol. The van der Waals surface area contributed by atoms with Crippen molar-refractivity contribution in [3.63, 3.8) is 0 Å². The smallest absolute Gasteiger partial charge is 0.248 e. The van der Waals surface area contributed by atoms with Gasteiger partial charge in [-0.3, -0.25) is 9.59 Å². The number of guanidine groups is 1. The second-order valence-corrected chi connectivity index (χ2v) is 6.96. The van der Waals surface area contributed by atoms with Crippen molar-refractivity contribution >= 4 is 47.4 Å². The summed E-state index contributed by atoms with van der Waals surface area (Å²) in [6.07, 6.45) is 4.00. The Morgan fingerprint density at radius 2 is 1.89 bits per heavy atom. The molecule has 1 fully saturated rings. The number of nitrogens with one attached hydrogen (secondary N) is 3. The molecular weight excluding hydrogens is 469 g/mol. The average Bonchev–Trinajstić information content (AvgIpc) is 3.53. The van der Waals surface area contributed by atoms with Crippen LogP contribution in [0.4, 0.5) is 5.69 Å². The minimum absolute atomic E-state index is 0. The fraction of sp³-hybridized carbons (Fsp3) is 0.550. The van der Waals surface area contributed by atoms with Gasteiger partial charge in [0.05, 0.1) is 0 Å². The molecule has 0 spiro atoms. The standard InChI is InChI=1S/C20H29N5O2.HI/c1-2-21-20(23-12-11-22-19(27)16-9-10-16)24-14-18(26)25-13-5-7-15-6-3-4-8-17(15)25;/h3-4,6,8,16H,2,5,7,9-14H2,1H3,(H,22,27)(H2,21,23,24);1H. The molecule has 0 atom stereocenters. The van der Waals surface area contributed by atoms with Gasteiger partial charge in [-0.1, -0.05) is 18.2 Å². The van der Waals surface area contributed by atoms with Crippen LogP contribution in [0, 0.1) is 5.92 Å². The number of para-hydroxylation sites is 1. The first-order chi connectivity index (χ1) is 13.2. The SMILES string of the molecule is CCNC(=NCC(=O)N1CCCc2ccccc21)NCCNC(=O)C1CC1.I. The lowest BCUT2D eigenvalue weighted by Gasteiger charge is -2.29. The minimum Gasteiger partial charge on any atom is -0.357 e. The van der Waals surface area contributed by atoms with Crippen molar-refractivity contribution in [2.75, 3.05) is 37.6 Å². The zero-order valence-corrected chi connectivity index (χ0v) is 18.7. The maximum atomic E-state index is 12.7. The number of carbonyl (C=O) groups excluding carboxylic acids is 2. The molecule has 1 saturated carbocycles. The van der Waals surface area contributed by atoms with Crippen LogP contribution in [0.1, 0.15) is 31.7 Å². The molecule has 1 aliphatic carbocycles. The second-order valence-electron chi connectivity index (χ2n) is 6.96. The first-order valence-electron chi connectivity index (χ1n) is 9.87. The Kier molecular flexibility index (Phi) is 9.01. The molecule has 0 saturated heterocycles. The number of rotatable bonds is 7. The highest BCUT2D eigenvalue weighted by Gasteiger charge is 2.29. The third-order valence-electron chi connectivity index (χ3n) is 4.79. The average molecular weight is 499 g/mol. The van der Waals surface area contributed by atoms with Gasteiger partial charge in [0.1, 0.15) is 6.54 Å². The van der Waals surface area contributed by atoms with Crippen LogP contribution >= 0.6 is 24.0 Å². The van der Waals surface area contributed by atoms with Crippen molar-refractivity contribution < 1.29 is 9.59 Å². The molecular formula is C20H30IN5O2. The Hall–Kier alpha value is -1.84. The van der Waals surface area contributed by atoms with E-state index >= 15 is 0 Å². The molecule has 0 bridgehead atoms. The number of hydrogen-bond donors (Lipinski definition) is 3. The van der Waals surface area contributed by atoms with E-state index in [9.17, 15) is 9.59 Å². The second kappa shape index (κ2) is 11.2. The minimum atomic E-state index is 0. The number of amides is 2. The molecule has 1 aromatic carbocycles. The van der Waals surface area contributed by atoms with E-state index in [0.29, 0.717) is 25.6 Å². The van der Waals surface area contributed by atoms with Crippen LogP contribution in [0.5, 0.6) is 0 Å². The van der Waals surface area contributed by atoms with Crippen LogP contribution in [0.2, 0.25) is 0 Å². The van der Waals surface area contributed by atoms with E-state index in [-0.39, 0.29) is 48.3 Å². The van der Waals surface area contributed by atoms with Crippen molar-refractivity contribution in [3.05, 3.63) is 29.8 Å². The molecule has 3 N–H and O–H groups in total. The molecule has 0 radical (unpaired) electrons. The van der Waals surface area contributed by atoms with E-state index in [1.54, 1.807) is 0 Å². The Bertz CT molecular complexity index is 706. The van der Waals surface area contributed by atoms with Crippen LogP contribution in [0.15, 0.2) is 29.3 Å². The van der Waals surface area contributed by atoms with Gasteiger partial charge in [-0.2, -0.15) is 0 Å². The summed E-state index contributed by atoms with van der Waals surface area (Å²) in [5, 5.41) is 9.22. The lowest BCUT2D eigenvalue weighted by atomic mass is 10.0. The van der Waals surface area contributed by atoms with Gasteiger partial charge in [-0.25, -0.2) is 4.99 Å². The van der Waals surface area contributed by atoms with E-state index in [2.05, 4.69) is 27.0 Å². The number of hydrogen-bond acceptors (Lipinski definition) is 3. The fourth-order valence-corrected chi connectivity index (χ4v) is 3.22. The summed E-state index contributed by atoms with van der Waals surface area (Å²) in [7, 11) is 0. The largest absolute Gasteiger partial charge is 0.357 e. The van der Waals surface area contributed by atoms with E-state index in [1.165, 1.54) is 5.56 Å². The molecule has 2 aliphatic rings. The van der Waals surface area contributed by atoms with Crippen LogP contribution in [-0.2, 0) is 16.0 Å². The van der Waals surface area contributed by atoms with E-state index in [4.69, 9.17) is 0 Å². The molecule has 8 heteroatoms. The molecule has 1 aromatic rings. The summed E-state index contributed by atoms with van der Waals surface area (Å²) >= 11 is 0. The van der Waals surface area contributed by atoms with Crippen LogP contribution < -0.4 is 20.9 Å². The predicted molar refractivity (Wildman–Crippen MR) is 122 cm³/mol. The van der Waals surface area contributed by atoms with Crippen molar-refractivity contribution in [3.8, 4) is 0 Å². The zero-order chi connectivity index (χ0) is 19.1. The third kappa shape index (κ3) is 6.35. The molecule has 1 aliphatic heterocycles. The summed E-state index contributed by atoms with van der Waals surface area (Å²) in [5.74, 6) is 0.952. The highest BCUT2D eigenvalue weighted by molar-refractivity contribution is 14.0. The number of anilines is 1. The van der Waals surface area contributed by atoms with E-state index in [1.807, 2.05) is 30.0 Å². The summed E-state index contributed by atoms with van der Waals surface area (Å²) in [6, 6.07) is 8.07. The molecule has 154 valence electrons. The van der Waals surface area contributed by atoms with Gasteiger partial charge in [-0.05, 0) is 44.2 Å². The first kappa shape index (κ1) is 22.4. The number of halogens is 1. The Morgan fingerprint density at radius 1 is 1.14 bits per heavy atom. The summed E-state index contributed by atoms with van der Waals surface area (Å²) in [4.78, 5) is 30.6. The van der Waals surface area contributed by atoms with Gasteiger partial charge in [0.2, 0.25) is 11.8 Å². The number of fused-ring (bicyclic) bond motifs is 1. The highest BCUT2D eigenvalue weighted by Crippen LogP contribution is 2.28. The topological polar surface area (TPSA) is 85.8 Å². The Balaban J connectivity index is 0.00000280. The van der Waals surface area contributed by atoms with Crippen molar-refractivity contribution in [1.29, 1.82) is 0 Å². The van der Waals surface area contributed by atoms with Crippen molar-refractivity contribution in [2.45, 2.75) is 32.6 Å². The maximum absolute atomic E-state index is 12.7. The van der Waals surface area contributed by atoms with Gasteiger partial charge in [-0.15, -0.1) is 24.0 Å². The summed E-state index contributed by atoms with van der Waals surface area (Å²) in [6.45, 7) is 4.65. The number of carbonyl (C=O) groups is 2. The molecule has 7 nitrogen and oxygen atoms in total. The fourth-order valence-electron chi connectivity index (χ4n) is 3.22. The molecule has 3 rings (SSSR count). The number of nitrogens with zero attached hydrogens (tertiary/aromatic N) is 2. The highest BCUT2D eigenvalue weighted by atomic mass is 127. The lowest BCUT2D eigenvalue weighted by molar-refractivity contribution is -0.122. The third-order valence-corrected chi connectivity index (χ3v) is 4.79. The Labute approximate surface area is 183 Å². The van der Waals surface area contributed by atoms with Crippen molar-refractivity contribution in [2.24, 2.45) is 10.9 Å². The van der Waals surface area contributed by atoms with E-state index < -0.39 is 0 Å². The molecule has 28 heavy (non-hydrogen) atoms. The molecule has 0 unspecified atom stereocenters. The van der Waals surface area contributed by atoms with Gasteiger partial charge in [0, 0.05) is 37.8 Å². The number of benzene rings is 1. The number of aliphatic imine (C=N–C) groups is 1. The molecule has 2 amide bonds. The van der Waals surface area contributed by atoms with Gasteiger partial charge < -0.3 is 20.9 Å². The lowest BCUT2D eigenvalue weighted by Crippen LogP contribution is -2.43.